The van der Waals surface area contributed by atoms with Crippen LogP contribution in [-0.2, 0) is 12.1 Å². The molecule has 0 amide bonds. The normalized spacial score (nSPS) is 8.57. The average molecular weight is 158 g/mol. The SMILES string of the molecule is [Al+3].[Na+].[O-][Si]([O-])([O-])[S-]. The second-order valence-corrected chi connectivity index (χ2v) is 3.00. The van der Waals surface area contributed by atoms with E-state index in [-0.39, 0.29) is 46.9 Å². The van der Waals surface area contributed by atoms with Crippen molar-refractivity contribution in [2.24, 2.45) is 0 Å². The molecule has 7 heteroatoms. The Labute approximate surface area is 80.6 Å². The monoisotopic (exact) mass is 158 g/mol. The Morgan fingerprint density at radius 2 is 1.14 bits per heavy atom. The molecule has 32 valence electrons. The van der Waals surface area contributed by atoms with Gasteiger partial charge in [0.25, 0.3) is 0 Å². The van der Waals surface area contributed by atoms with Crippen molar-refractivity contribution in [3.8, 4) is 0 Å². The van der Waals surface area contributed by atoms with E-state index >= 15 is 0 Å². The molecule has 0 saturated heterocycles. The third kappa shape index (κ3) is 72.8. The number of hydrogen-bond acceptors (Lipinski definition) is 4. The predicted molar refractivity (Wildman–Crippen MR) is 18.9 cm³/mol. The zero-order valence-electron chi connectivity index (χ0n) is 3.71. The fourth-order valence-electron chi connectivity index (χ4n) is 0. The Kier molecular flexibility index (Phi) is 13.9. The Hall–Kier alpha value is 1.98. The van der Waals surface area contributed by atoms with Gasteiger partial charge in [-0.05, 0) is 0 Å². The van der Waals surface area contributed by atoms with Gasteiger partial charge in [0.1, 0.15) is 0 Å². The molecule has 0 bridgehead atoms. The first-order valence-corrected chi connectivity index (χ1v) is 3.67. The molecule has 0 aliphatic heterocycles. The molecule has 0 rings (SSSR count). The molecule has 0 aliphatic carbocycles. The zero-order chi connectivity index (χ0) is 4.50. The summed E-state index contributed by atoms with van der Waals surface area (Å²) in [6.07, 6.45) is 0. The molecule has 0 saturated carbocycles. The first-order valence-electron chi connectivity index (χ1n) is 0.816. The van der Waals surface area contributed by atoms with Crippen LogP contribution in [0.25, 0.3) is 0 Å². The van der Waals surface area contributed by atoms with Crippen molar-refractivity contribution in [1.29, 1.82) is 0 Å². The van der Waals surface area contributed by atoms with E-state index in [9.17, 15) is 0 Å². The first-order chi connectivity index (χ1) is 2.00. The molecular weight excluding hydrogens is 158 g/mol. The summed E-state index contributed by atoms with van der Waals surface area (Å²) < 4.78 is 0. The quantitative estimate of drug-likeness (QED) is 0.259. The van der Waals surface area contributed by atoms with Crippen LogP contribution in [0.5, 0.6) is 0 Å². The van der Waals surface area contributed by atoms with Crippen molar-refractivity contribution < 1.29 is 43.9 Å². The summed E-state index contributed by atoms with van der Waals surface area (Å²) in [5, 5.41) is 0. The minimum absolute atomic E-state index is 0. The standard InChI is InChI=1S/Al.Na.O3SSi/c;;1-5(2,3)4/q+3;+1;-4. The van der Waals surface area contributed by atoms with Crippen LogP contribution in [0.3, 0.4) is 0 Å². The molecule has 0 radical (unpaired) electrons. The van der Waals surface area contributed by atoms with Crippen LogP contribution in [0.1, 0.15) is 0 Å². The average Bonchev–Trinajstić information content (AvgIpc) is 0.722. The molecule has 0 N–H and O–H groups in total. The molecule has 0 aromatic heterocycles. The Bertz CT molecular complexity index is 30.4. The second kappa shape index (κ2) is 6.10. The van der Waals surface area contributed by atoms with Crippen LogP contribution in [0, 0.1) is 0 Å². The van der Waals surface area contributed by atoms with Crippen molar-refractivity contribution >= 4 is 37.4 Å². The van der Waals surface area contributed by atoms with E-state index in [0.717, 1.165) is 0 Å². The predicted octanol–water partition coefficient (Wildman–Crippen LogP) is -7.33. The van der Waals surface area contributed by atoms with Crippen LogP contribution >= 0.6 is 0 Å². The van der Waals surface area contributed by atoms with Gasteiger partial charge in [-0.1, -0.05) is 0 Å². The van der Waals surface area contributed by atoms with Gasteiger partial charge in [-0.15, -0.1) is 0 Å². The van der Waals surface area contributed by atoms with Crippen molar-refractivity contribution in [2.75, 3.05) is 0 Å². The Morgan fingerprint density at radius 3 is 1.14 bits per heavy atom. The van der Waals surface area contributed by atoms with E-state index in [4.69, 9.17) is 14.4 Å². The van der Waals surface area contributed by atoms with Crippen molar-refractivity contribution in [2.45, 2.75) is 0 Å². The van der Waals surface area contributed by atoms with Gasteiger partial charge in [-0.2, -0.15) is 0 Å². The minimum Gasteiger partial charge on any atom is -0.897 e. The zero-order valence-corrected chi connectivity index (χ0v) is 8.68. The van der Waals surface area contributed by atoms with Gasteiger partial charge in [-0.25, -0.2) is 0 Å². The molecule has 0 heterocycles. The van der Waals surface area contributed by atoms with Crippen molar-refractivity contribution in [1.82, 2.24) is 0 Å². The fourth-order valence-corrected chi connectivity index (χ4v) is 0. The maximum absolute atomic E-state index is 8.95. The summed E-state index contributed by atoms with van der Waals surface area (Å²) in [5.74, 6) is 0. The van der Waals surface area contributed by atoms with Crippen LogP contribution in [0.15, 0.2) is 0 Å². The summed E-state index contributed by atoms with van der Waals surface area (Å²) in [4.78, 5) is 26.8. The molecule has 0 unspecified atom stereocenters. The largest absolute Gasteiger partial charge is 3.00 e. The summed E-state index contributed by atoms with van der Waals surface area (Å²) in [6, 6.07) is 0. The fraction of sp³-hybridized carbons (Fsp3) is 0. The summed E-state index contributed by atoms with van der Waals surface area (Å²) in [7, 11) is -4.78. The second-order valence-electron chi connectivity index (χ2n) is 0.500. The topological polar surface area (TPSA) is 69.2 Å². The van der Waals surface area contributed by atoms with E-state index in [1.165, 1.54) is 0 Å². The summed E-state index contributed by atoms with van der Waals surface area (Å²) in [6.45, 7) is 0. The van der Waals surface area contributed by atoms with Gasteiger partial charge in [0.2, 0.25) is 0 Å². The molecule has 0 aromatic carbocycles. The van der Waals surface area contributed by atoms with Crippen LogP contribution in [-0.4, -0.2) is 25.3 Å². The molecular formula is AlNaO3SSi. The Balaban J connectivity index is -0.0000000800. The smallest absolute Gasteiger partial charge is 0.897 e. The van der Waals surface area contributed by atoms with Gasteiger partial charge in [0.05, 0.1) is 0 Å². The third-order valence-corrected chi connectivity index (χ3v) is 0. The summed E-state index contributed by atoms with van der Waals surface area (Å²) >= 11 is 3.30. The molecule has 0 spiro atoms. The van der Waals surface area contributed by atoms with Crippen molar-refractivity contribution in [3.63, 3.8) is 0 Å². The molecule has 0 aromatic rings. The van der Waals surface area contributed by atoms with Gasteiger partial charge in [0.15, 0.2) is 0 Å². The van der Waals surface area contributed by atoms with E-state index in [0.29, 0.717) is 0 Å². The minimum atomic E-state index is -4.78. The third-order valence-electron chi connectivity index (χ3n) is 0. The van der Waals surface area contributed by atoms with E-state index in [1.807, 2.05) is 0 Å². The maximum atomic E-state index is 8.95. The van der Waals surface area contributed by atoms with Crippen LogP contribution in [0.2, 0.25) is 0 Å². The molecule has 3 nitrogen and oxygen atoms in total. The molecule has 7 heavy (non-hydrogen) atoms. The van der Waals surface area contributed by atoms with Crippen molar-refractivity contribution in [3.05, 3.63) is 0 Å². The summed E-state index contributed by atoms with van der Waals surface area (Å²) in [5.41, 5.74) is 0. The maximum Gasteiger partial charge on any atom is 3.00 e. The molecule has 0 atom stereocenters. The van der Waals surface area contributed by atoms with Gasteiger partial charge in [0, 0.05) is 0 Å². The van der Waals surface area contributed by atoms with E-state index in [1.54, 1.807) is 0 Å². The van der Waals surface area contributed by atoms with E-state index < -0.39 is 7.95 Å². The van der Waals surface area contributed by atoms with Gasteiger partial charge < -0.3 is 34.4 Å². The van der Waals surface area contributed by atoms with Gasteiger partial charge in [-0.3, -0.25) is 0 Å². The van der Waals surface area contributed by atoms with Crippen LogP contribution < -0.4 is 43.9 Å². The molecule has 0 aliphatic rings. The van der Waals surface area contributed by atoms with Crippen LogP contribution in [0.4, 0.5) is 0 Å². The van der Waals surface area contributed by atoms with Gasteiger partial charge >= 0.3 is 46.9 Å². The van der Waals surface area contributed by atoms with E-state index in [2.05, 4.69) is 12.1 Å². The molecule has 0 fully saturated rings. The first kappa shape index (κ1) is 16.0. The number of rotatable bonds is 0. The number of hydrogen-bond donors (Lipinski definition) is 0. The Morgan fingerprint density at radius 1 is 1.14 bits per heavy atom.